The second-order valence-electron chi connectivity index (χ2n) is 4.54. The molecule has 0 atom stereocenters. The molecule has 106 valence electrons. The monoisotopic (exact) mass is 300 g/mol. The standard InChI is InChI=1S/C14H20N2OS.ClH/c1-2-5-18-10-14(17)16-7-11-3-4-12-8-15-9-13(12)6-11;/h3-4,6,15H,2,5,7-10H2,1H3,(H,16,17);1H. The lowest BCUT2D eigenvalue weighted by atomic mass is 10.1. The minimum absolute atomic E-state index is 0. The maximum absolute atomic E-state index is 11.6. The average molecular weight is 301 g/mol. The van der Waals surface area contributed by atoms with Gasteiger partial charge in [0, 0.05) is 19.6 Å². The first-order chi connectivity index (χ1) is 8.79. The number of benzene rings is 1. The van der Waals surface area contributed by atoms with Gasteiger partial charge < -0.3 is 10.6 Å². The third-order valence-corrected chi connectivity index (χ3v) is 4.14. The van der Waals surface area contributed by atoms with Gasteiger partial charge in [-0.15, -0.1) is 12.4 Å². The second kappa shape index (κ2) is 8.46. The van der Waals surface area contributed by atoms with Crippen LogP contribution >= 0.6 is 24.2 Å². The van der Waals surface area contributed by atoms with Gasteiger partial charge in [0.2, 0.25) is 5.91 Å². The van der Waals surface area contributed by atoms with Crippen molar-refractivity contribution in [1.29, 1.82) is 0 Å². The van der Waals surface area contributed by atoms with Gasteiger partial charge in [-0.3, -0.25) is 4.79 Å². The maximum atomic E-state index is 11.6. The van der Waals surface area contributed by atoms with Crippen LogP contribution in [0.5, 0.6) is 0 Å². The van der Waals surface area contributed by atoms with Gasteiger partial charge in [0.15, 0.2) is 0 Å². The van der Waals surface area contributed by atoms with Crippen molar-refractivity contribution in [3.05, 3.63) is 34.9 Å². The van der Waals surface area contributed by atoms with E-state index in [1.807, 2.05) is 0 Å². The highest BCUT2D eigenvalue weighted by molar-refractivity contribution is 7.99. The number of amides is 1. The normalized spacial score (nSPS) is 12.7. The van der Waals surface area contributed by atoms with Crippen LogP contribution in [0.1, 0.15) is 30.0 Å². The van der Waals surface area contributed by atoms with Crippen LogP contribution in [0.15, 0.2) is 18.2 Å². The Labute approximate surface area is 125 Å². The predicted molar refractivity (Wildman–Crippen MR) is 83.7 cm³/mol. The number of carbonyl (C=O) groups is 1. The van der Waals surface area contributed by atoms with E-state index in [0.29, 0.717) is 12.3 Å². The van der Waals surface area contributed by atoms with Crippen LogP contribution in [0.3, 0.4) is 0 Å². The largest absolute Gasteiger partial charge is 0.351 e. The van der Waals surface area contributed by atoms with Crippen LogP contribution in [-0.2, 0) is 24.4 Å². The smallest absolute Gasteiger partial charge is 0.230 e. The summed E-state index contributed by atoms with van der Waals surface area (Å²) >= 11 is 1.69. The highest BCUT2D eigenvalue weighted by Crippen LogP contribution is 2.16. The van der Waals surface area contributed by atoms with Crippen molar-refractivity contribution in [2.24, 2.45) is 0 Å². The number of thioether (sulfide) groups is 1. The first-order valence-corrected chi connectivity index (χ1v) is 7.61. The molecule has 0 radical (unpaired) electrons. The first kappa shape index (κ1) is 16.3. The topological polar surface area (TPSA) is 41.1 Å². The molecule has 0 spiro atoms. The summed E-state index contributed by atoms with van der Waals surface area (Å²) in [6.07, 6.45) is 1.12. The van der Waals surface area contributed by atoms with E-state index in [0.717, 1.165) is 25.3 Å². The number of halogens is 1. The fraction of sp³-hybridized carbons (Fsp3) is 0.500. The molecule has 3 nitrogen and oxygen atoms in total. The molecule has 1 aliphatic heterocycles. The van der Waals surface area contributed by atoms with Gasteiger partial charge in [0.1, 0.15) is 0 Å². The van der Waals surface area contributed by atoms with E-state index in [4.69, 9.17) is 0 Å². The molecule has 2 rings (SSSR count). The molecule has 0 saturated carbocycles. The number of rotatable bonds is 6. The highest BCUT2D eigenvalue weighted by atomic mass is 35.5. The van der Waals surface area contributed by atoms with Crippen LogP contribution < -0.4 is 10.6 Å². The third-order valence-electron chi connectivity index (χ3n) is 2.97. The van der Waals surface area contributed by atoms with Crippen molar-refractivity contribution in [3.63, 3.8) is 0 Å². The number of fused-ring (bicyclic) bond motifs is 1. The van der Waals surface area contributed by atoms with Crippen molar-refractivity contribution in [3.8, 4) is 0 Å². The summed E-state index contributed by atoms with van der Waals surface area (Å²) in [4.78, 5) is 11.6. The summed E-state index contributed by atoms with van der Waals surface area (Å²) in [7, 11) is 0. The van der Waals surface area contributed by atoms with E-state index in [2.05, 4.69) is 35.8 Å². The quantitative estimate of drug-likeness (QED) is 0.793. The second-order valence-corrected chi connectivity index (χ2v) is 5.64. The summed E-state index contributed by atoms with van der Waals surface area (Å²) in [6, 6.07) is 6.45. The fourth-order valence-corrected chi connectivity index (χ4v) is 2.74. The van der Waals surface area contributed by atoms with E-state index in [9.17, 15) is 4.79 Å². The summed E-state index contributed by atoms with van der Waals surface area (Å²) in [6.45, 7) is 4.68. The van der Waals surface area contributed by atoms with Gasteiger partial charge in [0.25, 0.3) is 0 Å². The van der Waals surface area contributed by atoms with E-state index < -0.39 is 0 Å². The zero-order chi connectivity index (χ0) is 12.8. The van der Waals surface area contributed by atoms with Gasteiger partial charge in [-0.25, -0.2) is 0 Å². The molecule has 1 aliphatic rings. The fourth-order valence-electron chi connectivity index (χ4n) is 2.02. The molecule has 5 heteroatoms. The summed E-state index contributed by atoms with van der Waals surface area (Å²) in [5.74, 6) is 1.75. The lowest BCUT2D eigenvalue weighted by Gasteiger charge is -2.07. The first-order valence-electron chi connectivity index (χ1n) is 6.45. The Morgan fingerprint density at radius 2 is 2.16 bits per heavy atom. The highest BCUT2D eigenvalue weighted by Gasteiger charge is 2.10. The Kier molecular flexibility index (Phi) is 7.28. The molecule has 2 N–H and O–H groups in total. The zero-order valence-corrected chi connectivity index (χ0v) is 12.8. The molecular formula is C14H21ClN2OS. The van der Waals surface area contributed by atoms with Gasteiger partial charge in [-0.1, -0.05) is 25.1 Å². The molecule has 0 unspecified atom stereocenters. The Morgan fingerprint density at radius 1 is 1.37 bits per heavy atom. The summed E-state index contributed by atoms with van der Waals surface area (Å²) in [5.41, 5.74) is 3.93. The molecule has 1 aromatic rings. The molecule has 0 aliphatic carbocycles. The zero-order valence-electron chi connectivity index (χ0n) is 11.2. The van der Waals surface area contributed by atoms with Crippen LogP contribution in [0.2, 0.25) is 0 Å². The van der Waals surface area contributed by atoms with Crippen LogP contribution in [0, 0.1) is 0 Å². The number of hydrogen-bond acceptors (Lipinski definition) is 3. The molecule has 1 amide bonds. The van der Waals surface area contributed by atoms with E-state index in [1.165, 1.54) is 16.7 Å². The Balaban J connectivity index is 0.00000180. The Bertz CT molecular complexity index is 426. The van der Waals surface area contributed by atoms with Crippen molar-refractivity contribution >= 4 is 30.1 Å². The predicted octanol–water partition coefficient (Wildman–Crippen LogP) is 2.47. The molecule has 0 fully saturated rings. The SMILES string of the molecule is CCCSCC(=O)NCc1ccc2c(c1)CNC2.Cl. The average Bonchev–Trinajstić information content (AvgIpc) is 2.84. The van der Waals surface area contributed by atoms with Crippen LogP contribution in [-0.4, -0.2) is 17.4 Å². The molecule has 1 heterocycles. The van der Waals surface area contributed by atoms with E-state index >= 15 is 0 Å². The van der Waals surface area contributed by atoms with Crippen molar-refractivity contribution in [2.75, 3.05) is 11.5 Å². The summed E-state index contributed by atoms with van der Waals surface area (Å²) < 4.78 is 0. The lowest BCUT2D eigenvalue weighted by molar-refractivity contribution is -0.118. The van der Waals surface area contributed by atoms with Crippen molar-refractivity contribution in [1.82, 2.24) is 10.6 Å². The minimum Gasteiger partial charge on any atom is -0.351 e. The maximum Gasteiger partial charge on any atom is 0.230 e. The third kappa shape index (κ3) is 5.05. The van der Waals surface area contributed by atoms with Crippen LogP contribution in [0.4, 0.5) is 0 Å². The summed E-state index contributed by atoms with van der Waals surface area (Å²) in [5, 5.41) is 6.29. The van der Waals surface area contributed by atoms with Gasteiger partial charge >= 0.3 is 0 Å². The number of hydrogen-bond donors (Lipinski definition) is 2. The van der Waals surface area contributed by atoms with E-state index in [1.54, 1.807) is 11.8 Å². The number of nitrogens with one attached hydrogen (secondary N) is 2. The van der Waals surface area contributed by atoms with Crippen molar-refractivity contribution in [2.45, 2.75) is 33.0 Å². The van der Waals surface area contributed by atoms with Gasteiger partial charge in [0.05, 0.1) is 5.75 Å². The molecule has 0 bridgehead atoms. The molecule has 19 heavy (non-hydrogen) atoms. The molecule has 0 saturated heterocycles. The van der Waals surface area contributed by atoms with Crippen molar-refractivity contribution < 1.29 is 4.79 Å². The Hall–Kier alpha value is -0.710. The van der Waals surface area contributed by atoms with Gasteiger partial charge in [-0.2, -0.15) is 11.8 Å². The molecule has 1 aromatic carbocycles. The van der Waals surface area contributed by atoms with Crippen LogP contribution in [0.25, 0.3) is 0 Å². The van der Waals surface area contributed by atoms with Gasteiger partial charge in [-0.05, 0) is 28.9 Å². The van der Waals surface area contributed by atoms with E-state index in [-0.39, 0.29) is 18.3 Å². The Morgan fingerprint density at radius 3 is 2.95 bits per heavy atom. The minimum atomic E-state index is 0. The molecular weight excluding hydrogens is 280 g/mol. The molecule has 0 aromatic heterocycles. The lowest BCUT2D eigenvalue weighted by Crippen LogP contribution is -2.24. The number of carbonyl (C=O) groups excluding carboxylic acids is 1.